The lowest BCUT2D eigenvalue weighted by atomic mass is 9.91. The van der Waals surface area contributed by atoms with E-state index in [0.717, 1.165) is 0 Å². The molecule has 2 aromatic carbocycles. The molecular formula is C23H24N2O5. The molecule has 2 aromatic rings. The lowest BCUT2D eigenvalue weighted by Gasteiger charge is -2.35. The summed E-state index contributed by atoms with van der Waals surface area (Å²) in [5.41, 5.74) is 1.75. The van der Waals surface area contributed by atoms with E-state index in [1.54, 1.807) is 62.4 Å². The Morgan fingerprint density at radius 1 is 1.03 bits per heavy atom. The van der Waals surface area contributed by atoms with Gasteiger partial charge in [-0.15, -0.1) is 0 Å². The number of esters is 1. The van der Waals surface area contributed by atoms with Crippen molar-refractivity contribution in [1.82, 2.24) is 5.32 Å². The van der Waals surface area contributed by atoms with E-state index in [1.165, 1.54) is 4.90 Å². The molecule has 0 aliphatic carbocycles. The van der Waals surface area contributed by atoms with Gasteiger partial charge in [0.15, 0.2) is 0 Å². The summed E-state index contributed by atoms with van der Waals surface area (Å²) in [7, 11) is 0. The quantitative estimate of drug-likeness (QED) is 0.557. The molecule has 2 amide bonds. The van der Waals surface area contributed by atoms with Crippen LogP contribution in [-0.2, 0) is 14.3 Å². The number of para-hydroxylation sites is 1. The number of nitrogens with zero attached hydrogens (tertiary/aromatic N) is 1. The number of urea groups is 1. The van der Waals surface area contributed by atoms with Crippen LogP contribution in [0.4, 0.5) is 10.5 Å². The number of nitrogens with one attached hydrogen (secondary N) is 1. The summed E-state index contributed by atoms with van der Waals surface area (Å²) < 4.78 is 10.5. The van der Waals surface area contributed by atoms with Crippen LogP contribution in [0.2, 0.25) is 0 Å². The summed E-state index contributed by atoms with van der Waals surface area (Å²) in [6, 6.07) is 14.8. The highest BCUT2D eigenvalue weighted by Crippen LogP contribution is 2.35. The van der Waals surface area contributed by atoms with Gasteiger partial charge in [-0.05, 0) is 50.6 Å². The molecule has 7 heteroatoms. The highest BCUT2D eigenvalue weighted by atomic mass is 16.5. The van der Waals surface area contributed by atoms with E-state index < -0.39 is 23.8 Å². The number of benzene rings is 2. The van der Waals surface area contributed by atoms with Crippen LogP contribution in [0.15, 0.2) is 65.9 Å². The van der Waals surface area contributed by atoms with Crippen molar-refractivity contribution in [3.63, 3.8) is 0 Å². The first kappa shape index (κ1) is 21.1. The van der Waals surface area contributed by atoms with E-state index >= 15 is 0 Å². The van der Waals surface area contributed by atoms with Crippen LogP contribution >= 0.6 is 0 Å². The first-order valence-corrected chi connectivity index (χ1v) is 9.78. The van der Waals surface area contributed by atoms with Gasteiger partial charge >= 0.3 is 12.0 Å². The van der Waals surface area contributed by atoms with E-state index in [-0.39, 0.29) is 12.2 Å². The average molecular weight is 408 g/mol. The molecule has 1 aliphatic rings. The number of amides is 2. The SMILES string of the molecule is CCOC(=O)C(=O)C1=C(C)N(c2ccccc2)C(=O)NC1c1cccc(OCC)c1. The number of anilines is 1. The Hall–Kier alpha value is -3.61. The Morgan fingerprint density at radius 2 is 1.77 bits per heavy atom. The highest BCUT2D eigenvalue weighted by molar-refractivity contribution is 6.41. The minimum Gasteiger partial charge on any atom is -0.494 e. The number of carbonyl (C=O) groups is 3. The van der Waals surface area contributed by atoms with E-state index in [2.05, 4.69) is 5.32 Å². The Kier molecular flexibility index (Phi) is 6.51. The third-order valence-corrected chi connectivity index (χ3v) is 4.71. The first-order chi connectivity index (χ1) is 14.5. The van der Waals surface area contributed by atoms with E-state index in [1.807, 2.05) is 13.0 Å². The second-order valence-corrected chi connectivity index (χ2v) is 6.61. The number of hydrogen-bond donors (Lipinski definition) is 1. The Balaban J connectivity index is 2.13. The molecule has 156 valence electrons. The van der Waals surface area contributed by atoms with Gasteiger partial charge in [0.1, 0.15) is 5.75 Å². The summed E-state index contributed by atoms with van der Waals surface area (Å²) in [4.78, 5) is 39.7. The molecule has 1 heterocycles. The van der Waals surface area contributed by atoms with Crippen LogP contribution in [0.3, 0.4) is 0 Å². The van der Waals surface area contributed by atoms with E-state index in [4.69, 9.17) is 9.47 Å². The third-order valence-electron chi connectivity index (χ3n) is 4.71. The molecule has 1 atom stereocenters. The fourth-order valence-electron chi connectivity index (χ4n) is 3.43. The minimum absolute atomic E-state index is 0.0795. The summed E-state index contributed by atoms with van der Waals surface area (Å²) in [5.74, 6) is -1.14. The number of allylic oxidation sites excluding steroid dienone is 1. The lowest BCUT2D eigenvalue weighted by Crippen LogP contribution is -2.48. The van der Waals surface area contributed by atoms with Crippen molar-refractivity contribution >= 4 is 23.5 Å². The number of Topliss-reactive ketones (excluding diaryl/α,β-unsaturated/α-hetero) is 1. The molecule has 1 aliphatic heterocycles. The van der Waals surface area contributed by atoms with Crippen molar-refractivity contribution in [2.24, 2.45) is 0 Å². The maximum absolute atomic E-state index is 13.0. The zero-order chi connectivity index (χ0) is 21.7. The highest BCUT2D eigenvalue weighted by Gasteiger charge is 2.39. The minimum atomic E-state index is -0.957. The van der Waals surface area contributed by atoms with Crippen molar-refractivity contribution in [2.45, 2.75) is 26.8 Å². The smallest absolute Gasteiger partial charge is 0.379 e. The fraction of sp³-hybridized carbons (Fsp3) is 0.261. The van der Waals surface area contributed by atoms with Crippen LogP contribution in [-0.4, -0.2) is 31.0 Å². The van der Waals surface area contributed by atoms with Crippen LogP contribution in [0, 0.1) is 0 Å². The van der Waals surface area contributed by atoms with Gasteiger partial charge in [-0.1, -0.05) is 30.3 Å². The molecule has 7 nitrogen and oxygen atoms in total. The second kappa shape index (κ2) is 9.26. The van der Waals surface area contributed by atoms with E-state index in [0.29, 0.717) is 29.3 Å². The maximum Gasteiger partial charge on any atom is 0.379 e. The topological polar surface area (TPSA) is 84.9 Å². The maximum atomic E-state index is 13.0. The summed E-state index contributed by atoms with van der Waals surface area (Å²) in [5, 5.41) is 2.85. The molecule has 0 bridgehead atoms. The molecule has 0 saturated heterocycles. The molecule has 1 unspecified atom stereocenters. The van der Waals surface area contributed by atoms with Gasteiger partial charge in [0, 0.05) is 5.70 Å². The van der Waals surface area contributed by atoms with Gasteiger partial charge in [-0.2, -0.15) is 0 Å². The molecule has 0 fully saturated rings. The predicted octanol–water partition coefficient (Wildman–Crippen LogP) is 3.76. The number of carbonyl (C=O) groups excluding carboxylic acids is 3. The Morgan fingerprint density at radius 3 is 2.43 bits per heavy atom. The van der Waals surface area contributed by atoms with Crippen molar-refractivity contribution in [2.75, 3.05) is 18.1 Å². The average Bonchev–Trinajstić information content (AvgIpc) is 2.74. The third kappa shape index (κ3) is 4.20. The molecule has 1 N–H and O–H groups in total. The van der Waals surface area contributed by atoms with Gasteiger partial charge < -0.3 is 14.8 Å². The Bertz CT molecular complexity index is 984. The van der Waals surface area contributed by atoms with E-state index in [9.17, 15) is 14.4 Å². The van der Waals surface area contributed by atoms with Crippen LogP contribution in [0.5, 0.6) is 5.75 Å². The van der Waals surface area contributed by atoms with Gasteiger partial charge in [-0.25, -0.2) is 9.59 Å². The van der Waals surface area contributed by atoms with Crippen molar-refractivity contribution in [3.05, 3.63) is 71.4 Å². The molecule has 0 radical (unpaired) electrons. The number of ether oxygens (including phenoxy) is 2. The Labute approximate surface area is 175 Å². The van der Waals surface area contributed by atoms with Gasteiger partial charge in [0.2, 0.25) is 0 Å². The normalized spacial score (nSPS) is 16.2. The van der Waals surface area contributed by atoms with Crippen LogP contribution in [0.25, 0.3) is 0 Å². The summed E-state index contributed by atoms with van der Waals surface area (Å²) >= 11 is 0. The fourth-order valence-corrected chi connectivity index (χ4v) is 3.43. The van der Waals surface area contributed by atoms with Crippen molar-refractivity contribution < 1.29 is 23.9 Å². The zero-order valence-corrected chi connectivity index (χ0v) is 17.2. The zero-order valence-electron chi connectivity index (χ0n) is 17.2. The summed E-state index contributed by atoms with van der Waals surface area (Å²) in [6.45, 7) is 5.71. The van der Waals surface area contributed by atoms with Crippen molar-refractivity contribution in [1.29, 1.82) is 0 Å². The largest absolute Gasteiger partial charge is 0.494 e. The monoisotopic (exact) mass is 408 g/mol. The molecular weight excluding hydrogens is 384 g/mol. The predicted molar refractivity (Wildman–Crippen MR) is 112 cm³/mol. The van der Waals surface area contributed by atoms with Crippen LogP contribution < -0.4 is 15.0 Å². The standard InChI is InChI=1S/C23H24N2O5/c1-4-29-18-13-9-10-16(14-18)20-19(21(26)22(27)30-5-2)15(3)25(23(28)24-20)17-11-7-6-8-12-17/h6-14,20H,4-5H2,1-3H3,(H,24,28). The first-order valence-electron chi connectivity index (χ1n) is 9.78. The molecule has 0 aromatic heterocycles. The van der Waals surface area contributed by atoms with Gasteiger partial charge in [-0.3, -0.25) is 9.69 Å². The molecule has 0 spiro atoms. The van der Waals surface area contributed by atoms with Gasteiger partial charge in [0.25, 0.3) is 5.78 Å². The number of rotatable bonds is 7. The molecule has 0 saturated carbocycles. The molecule has 3 rings (SSSR count). The lowest BCUT2D eigenvalue weighted by molar-refractivity contribution is -0.152. The number of hydrogen-bond acceptors (Lipinski definition) is 5. The summed E-state index contributed by atoms with van der Waals surface area (Å²) in [6.07, 6.45) is 0. The molecule has 30 heavy (non-hydrogen) atoms. The van der Waals surface area contributed by atoms with Crippen molar-refractivity contribution in [3.8, 4) is 5.75 Å². The van der Waals surface area contributed by atoms with Crippen LogP contribution in [0.1, 0.15) is 32.4 Å². The van der Waals surface area contributed by atoms with Gasteiger partial charge in [0.05, 0.1) is 30.5 Å². The number of ketones is 1. The second-order valence-electron chi connectivity index (χ2n) is 6.61.